The van der Waals surface area contributed by atoms with E-state index >= 15 is 0 Å². The van der Waals surface area contributed by atoms with Gasteiger partial charge in [-0.25, -0.2) is 13.1 Å². The fraction of sp³-hybridized carbons (Fsp3) is 0.200. The first kappa shape index (κ1) is 16.3. The monoisotopic (exact) mass is 343 g/mol. The number of nitrogens with one attached hydrogen (secondary N) is 1. The normalized spacial score (nSPS) is 13.1. The molecule has 0 aliphatic carbocycles. The van der Waals surface area contributed by atoms with Gasteiger partial charge in [0.05, 0.1) is 5.02 Å². The van der Waals surface area contributed by atoms with Gasteiger partial charge in [0.1, 0.15) is 4.90 Å². The lowest BCUT2D eigenvalue weighted by Crippen LogP contribution is -2.28. The molecule has 1 N–H and O–H groups in total. The van der Waals surface area contributed by atoms with Crippen LogP contribution in [0, 0.1) is 0 Å². The lowest BCUT2D eigenvalue weighted by molar-refractivity contribution is 0.550. The Bertz CT molecular complexity index is 718. The highest BCUT2D eigenvalue weighted by molar-refractivity contribution is 7.89. The second kappa shape index (κ2) is 6.79. The largest absolute Gasteiger partial charge is 0.242 e. The van der Waals surface area contributed by atoms with Crippen LogP contribution in [0.2, 0.25) is 10.0 Å². The third-order valence-electron chi connectivity index (χ3n) is 3.09. The second-order valence-corrected chi connectivity index (χ2v) is 7.09. The standard InChI is InChI=1S/C15H15Cl2NO2S/c1-2-14(11-6-4-3-5-7-11)18-21(19,20)15-10-12(16)8-9-13(15)17/h3-10,14,18H,2H2,1H3. The number of halogens is 2. The molecule has 3 nitrogen and oxygen atoms in total. The van der Waals surface area contributed by atoms with E-state index in [0.29, 0.717) is 11.4 Å². The highest BCUT2D eigenvalue weighted by atomic mass is 35.5. The molecule has 0 aromatic heterocycles. The van der Waals surface area contributed by atoms with Gasteiger partial charge in [-0.2, -0.15) is 0 Å². The first-order valence-corrected chi connectivity index (χ1v) is 8.70. The Hall–Kier alpha value is -1.07. The van der Waals surface area contributed by atoms with Gasteiger partial charge in [0, 0.05) is 11.1 Å². The molecule has 2 aromatic rings. The van der Waals surface area contributed by atoms with Crippen molar-refractivity contribution in [1.29, 1.82) is 0 Å². The predicted molar refractivity (Wildman–Crippen MR) is 86.3 cm³/mol. The molecule has 21 heavy (non-hydrogen) atoms. The van der Waals surface area contributed by atoms with Gasteiger partial charge in [0.2, 0.25) is 10.0 Å². The van der Waals surface area contributed by atoms with Crippen molar-refractivity contribution in [1.82, 2.24) is 4.72 Å². The van der Waals surface area contributed by atoms with Crippen LogP contribution in [0.25, 0.3) is 0 Å². The summed E-state index contributed by atoms with van der Waals surface area (Å²) < 4.78 is 27.7. The zero-order chi connectivity index (χ0) is 15.5. The maximum Gasteiger partial charge on any atom is 0.242 e. The summed E-state index contributed by atoms with van der Waals surface area (Å²) >= 11 is 11.8. The fourth-order valence-corrected chi connectivity index (χ4v) is 4.08. The summed E-state index contributed by atoms with van der Waals surface area (Å²) in [5.74, 6) is 0. The van der Waals surface area contributed by atoms with E-state index in [-0.39, 0.29) is 16.0 Å². The van der Waals surface area contributed by atoms with E-state index < -0.39 is 10.0 Å². The molecule has 1 unspecified atom stereocenters. The average molecular weight is 344 g/mol. The van der Waals surface area contributed by atoms with Crippen LogP contribution in [0.5, 0.6) is 0 Å². The molecular weight excluding hydrogens is 329 g/mol. The number of benzene rings is 2. The maximum atomic E-state index is 12.5. The molecule has 0 spiro atoms. The Morgan fingerprint density at radius 2 is 1.76 bits per heavy atom. The van der Waals surface area contributed by atoms with Crippen molar-refractivity contribution in [3.8, 4) is 0 Å². The molecule has 112 valence electrons. The zero-order valence-electron chi connectivity index (χ0n) is 11.4. The molecule has 0 radical (unpaired) electrons. The second-order valence-electron chi connectivity index (χ2n) is 4.57. The van der Waals surface area contributed by atoms with Crippen LogP contribution in [-0.4, -0.2) is 8.42 Å². The lowest BCUT2D eigenvalue weighted by atomic mass is 10.1. The van der Waals surface area contributed by atoms with Gasteiger partial charge in [-0.3, -0.25) is 0 Å². The average Bonchev–Trinajstić information content (AvgIpc) is 2.48. The summed E-state index contributed by atoms with van der Waals surface area (Å²) in [7, 11) is -3.74. The minimum absolute atomic E-state index is 0.00829. The van der Waals surface area contributed by atoms with Crippen LogP contribution >= 0.6 is 23.2 Å². The summed E-state index contributed by atoms with van der Waals surface area (Å²) in [6.07, 6.45) is 0.626. The molecule has 6 heteroatoms. The van der Waals surface area contributed by atoms with Gasteiger partial charge < -0.3 is 0 Å². The molecule has 2 rings (SSSR count). The Balaban J connectivity index is 2.34. The van der Waals surface area contributed by atoms with Crippen molar-refractivity contribution in [2.45, 2.75) is 24.3 Å². The van der Waals surface area contributed by atoms with E-state index in [2.05, 4.69) is 4.72 Å². The minimum atomic E-state index is -3.74. The van der Waals surface area contributed by atoms with Crippen molar-refractivity contribution in [2.75, 3.05) is 0 Å². The van der Waals surface area contributed by atoms with Gasteiger partial charge in [-0.15, -0.1) is 0 Å². The molecule has 0 saturated carbocycles. The van der Waals surface area contributed by atoms with E-state index in [1.54, 1.807) is 6.07 Å². The quantitative estimate of drug-likeness (QED) is 0.873. The van der Waals surface area contributed by atoms with Gasteiger partial charge in [-0.1, -0.05) is 60.5 Å². The Labute approximate surface area is 135 Å². The molecule has 0 amide bonds. The van der Waals surface area contributed by atoms with Crippen molar-refractivity contribution in [3.63, 3.8) is 0 Å². The van der Waals surface area contributed by atoms with Crippen LogP contribution < -0.4 is 4.72 Å². The molecule has 0 aliphatic rings. The minimum Gasteiger partial charge on any atom is -0.207 e. The van der Waals surface area contributed by atoms with E-state index in [1.807, 2.05) is 37.3 Å². The summed E-state index contributed by atoms with van der Waals surface area (Å²) in [5.41, 5.74) is 0.904. The first-order chi connectivity index (χ1) is 9.94. The number of hydrogen-bond donors (Lipinski definition) is 1. The molecule has 2 aromatic carbocycles. The SMILES string of the molecule is CCC(NS(=O)(=O)c1cc(Cl)ccc1Cl)c1ccccc1. The van der Waals surface area contributed by atoms with E-state index in [9.17, 15) is 8.42 Å². The number of hydrogen-bond acceptors (Lipinski definition) is 2. The van der Waals surface area contributed by atoms with Crippen molar-refractivity contribution < 1.29 is 8.42 Å². The number of rotatable bonds is 5. The topological polar surface area (TPSA) is 46.2 Å². The van der Waals surface area contributed by atoms with Gasteiger partial charge in [-0.05, 0) is 30.2 Å². The molecule has 1 atom stereocenters. The summed E-state index contributed by atoms with van der Waals surface area (Å²) in [6.45, 7) is 1.92. The van der Waals surface area contributed by atoms with Crippen LogP contribution in [0.3, 0.4) is 0 Å². The van der Waals surface area contributed by atoms with E-state index in [1.165, 1.54) is 12.1 Å². The molecule has 0 aliphatic heterocycles. The van der Waals surface area contributed by atoms with Crippen LogP contribution in [-0.2, 0) is 10.0 Å². The predicted octanol–water partition coefficient (Wildman–Crippen LogP) is 4.42. The van der Waals surface area contributed by atoms with Gasteiger partial charge in [0.25, 0.3) is 0 Å². The van der Waals surface area contributed by atoms with E-state index in [4.69, 9.17) is 23.2 Å². The van der Waals surface area contributed by atoms with E-state index in [0.717, 1.165) is 5.56 Å². The fourth-order valence-electron chi connectivity index (χ4n) is 2.01. The highest BCUT2D eigenvalue weighted by Gasteiger charge is 2.22. The van der Waals surface area contributed by atoms with Gasteiger partial charge in [0.15, 0.2) is 0 Å². The summed E-state index contributed by atoms with van der Waals surface area (Å²) in [4.78, 5) is -0.00829. The zero-order valence-corrected chi connectivity index (χ0v) is 13.7. The maximum absolute atomic E-state index is 12.5. The Morgan fingerprint density at radius 3 is 2.38 bits per heavy atom. The lowest BCUT2D eigenvalue weighted by Gasteiger charge is -2.18. The van der Waals surface area contributed by atoms with Crippen molar-refractivity contribution >= 4 is 33.2 Å². The molecular formula is C15H15Cl2NO2S. The van der Waals surface area contributed by atoms with Crippen LogP contribution in [0.15, 0.2) is 53.4 Å². The van der Waals surface area contributed by atoms with Gasteiger partial charge >= 0.3 is 0 Å². The third-order valence-corrected chi connectivity index (χ3v) is 5.28. The summed E-state index contributed by atoms with van der Waals surface area (Å²) in [6, 6.07) is 13.5. The van der Waals surface area contributed by atoms with Crippen molar-refractivity contribution in [2.24, 2.45) is 0 Å². The van der Waals surface area contributed by atoms with Crippen LogP contribution in [0.4, 0.5) is 0 Å². The molecule has 0 saturated heterocycles. The molecule has 0 heterocycles. The molecule has 0 fully saturated rings. The van der Waals surface area contributed by atoms with Crippen molar-refractivity contribution in [3.05, 3.63) is 64.1 Å². The van der Waals surface area contributed by atoms with Crippen LogP contribution in [0.1, 0.15) is 24.9 Å². The smallest absolute Gasteiger partial charge is 0.207 e. The summed E-state index contributed by atoms with van der Waals surface area (Å²) in [5, 5.41) is 0.474. The Morgan fingerprint density at radius 1 is 1.10 bits per heavy atom. The Kier molecular flexibility index (Phi) is 5.27. The third kappa shape index (κ3) is 3.98. The molecule has 0 bridgehead atoms. The number of sulfonamides is 1. The first-order valence-electron chi connectivity index (χ1n) is 6.46. The highest BCUT2D eigenvalue weighted by Crippen LogP contribution is 2.27.